The van der Waals surface area contributed by atoms with Crippen molar-refractivity contribution in [2.24, 2.45) is 10.9 Å². The zero-order valence-corrected chi connectivity index (χ0v) is 18.9. The smallest absolute Gasteiger partial charge is 0.221 e. The molecular formula is C19H38IN5O. The van der Waals surface area contributed by atoms with E-state index in [4.69, 9.17) is 0 Å². The molecular weight excluding hydrogens is 441 g/mol. The van der Waals surface area contributed by atoms with Gasteiger partial charge in [-0.1, -0.05) is 19.8 Å². The number of hydrogen-bond donors (Lipinski definition) is 3. The van der Waals surface area contributed by atoms with Gasteiger partial charge in [0.2, 0.25) is 5.91 Å². The number of rotatable bonds is 8. The minimum Gasteiger partial charge on any atom is -0.356 e. The Morgan fingerprint density at radius 2 is 1.73 bits per heavy atom. The van der Waals surface area contributed by atoms with Gasteiger partial charge in [-0.15, -0.1) is 24.0 Å². The number of guanidine groups is 1. The number of amides is 1. The van der Waals surface area contributed by atoms with Gasteiger partial charge in [0.05, 0.1) is 0 Å². The van der Waals surface area contributed by atoms with Crippen LogP contribution in [0.15, 0.2) is 4.99 Å². The fraction of sp³-hybridized carbons (Fsp3) is 0.895. The fourth-order valence-corrected chi connectivity index (χ4v) is 3.68. The first-order chi connectivity index (χ1) is 12.2. The molecule has 3 N–H and O–H groups in total. The summed E-state index contributed by atoms with van der Waals surface area (Å²) in [5.74, 6) is 1.83. The van der Waals surface area contributed by atoms with Gasteiger partial charge in [0.15, 0.2) is 5.96 Å². The largest absolute Gasteiger partial charge is 0.356 e. The van der Waals surface area contributed by atoms with Gasteiger partial charge in [-0.25, -0.2) is 0 Å². The van der Waals surface area contributed by atoms with Gasteiger partial charge in [0, 0.05) is 32.6 Å². The maximum Gasteiger partial charge on any atom is 0.221 e. The van der Waals surface area contributed by atoms with Gasteiger partial charge in [0.1, 0.15) is 0 Å². The molecule has 1 saturated heterocycles. The Kier molecular flexibility index (Phi) is 12.3. The molecule has 0 aromatic heterocycles. The van der Waals surface area contributed by atoms with E-state index < -0.39 is 0 Å². The van der Waals surface area contributed by atoms with Crippen molar-refractivity contribution in [1.29, 1.82) is 0 Å². The van der Waals surface area contributed by atoms with E-state index in [0.29, 0.717) is 19.0 Å². The van der Waals surface area contributed by atoms with E-state index in [-0.39, 0.29) is 29.9 Å². The topological polar surface area (TPSA) is 68.8 Å². The highest BCUT2D eigenvalue weighted by Crippen LogP contribution is 2.17. The number of carbonyl (C=O) groups excluding carboxylic acids is 1. The highest BCUT2D eigenvalue weighted by atomic mass is 127. The third kappa shape index (κ3) is 9.39. The Hall–Kier alpha value is -0.570. The molecule has 0 aromatic rings. The lowest BCUT2D eigenvalue weighted by Gasteiger charge is -2.30. The molecule has 1 amide bonds. The average Bonchev–Trinajstić information content (AvgIpc) is 3.11. The Morgan fingerprint density at radius 1 is 1.08 bits per heavy atom. The van der Waals surface area contributed by atoms with Gasteiger partial charge >= 0.3 is 0 Å². The van der Waals surface area contributed by atoms with Crippen LogP contribution in [0.2, 0.25) is 0 Å². The summed E-state index contributed by atoms with van der Waals surface area (Å²) in [6, 6.07) is 0.405. The fourth-order valence-electron chi connectivity index (χ4n) is 3.68. The van der Waals surface area contributed by atoms with Gasteiger partial charge < -0.3 is 20.9 Å². The van der Waals surface area contributed by atoms with Crippen LogP contribution in [-0.4, -0.2) is 62.6 Å². The predicted octanol–water partition coefficient (Wildman–Crippen LogP) is 2.34. The molecule has 0 radical (unpaired) electrons. The summed E-state index contributed by atoms with van der Waals surface area (Å²) in [5.41, 5.74) is 0. The molecule has 0 atom stereocenters. The lowest BCUT2D eigenvalue weighted by atomic mass is 9.99. The molecule has 152 valence electrons. The highest BCUT2D eigenvalue weighted by Gasteiger charge is 2.17. The Morgan fingerprint density at radius 3 is 2.38 bits per heavy atom. The summed E-state index contributed by atoms with van der Waals surface area (Å²) < 4.78 is 0. The number of halogens is 1. The van der Waals surface area contributed by atoms with Gasteiger partial charge in [-0.05, 0) is 57.7 Å². The summed E-state index contributed by atoms with van der Waals surface area (Å²) in [6.07, 6.45) is 9.06. The minimum atomic E-state index is 0. The van der Waals surface area contributed by atoms with Crippen LogP contribution in [0.1, 0.15) is 58.3 Å². The van der Waals surface area contributed by atoms with Crippen molar-refractivity contribution >= 4 is 35.8 Å². The van der Waals surface area contributed by atoms with E-state index in [9.17, 15) is 4.79 Å². The molecule has 26 heavy (non-hydrogen) atoms. The second-order valence-electron chi connectivity index (χ2n) is 7.60. The van der Waals surface area contributed by atoms with Gasteiger partial charge in [-0.3, -0.25) is 9.79 Å². The number of nitrogens with one attached hydrogen (secondary N) is 3. The van der Waals surface area contributed by atoms with E-state index in [1.807, 2.05) is 0 Å². The third-order valence-corrected chi connectivity index (χ3v) is 5.41. The summed E-state index contributed by atoms with van der Waals surface area (Å²) in [7, 11) is 1.78. The van der Waals surface area contributed by atoms with Crippen molar-refractivity contribution in [3.63, 3.8) is 0 Å². The normalized spacial score (nSPS) is 19.8. The molecule has 0 spiro atoms. The van der Waals surface area contributed by atoms with Crippen molar-refractivity contribution in [3.8, 4) is 0 Å². The van der Waals surface area contributed by atoms with E-state index in [1.165, 1.54) is 38.8 Å². The van der Waals surface area contributed by atoms with Crippen molar-refractivity contribution in [2.75, 3.05) is 39.8 Å². The van der Waals surface area contributed by atoms with Gasteiger partial charge in [-0.2, -0.15) is 0 Å². The van der Waals surface area contributed by atoms with E-state index in [2.05, 4.69) is 32.8 Å². The number of likely N-dealkylation sites (tertiary alicyclic amines) is 1. The highest BCUT2D eigenvalue weighted by molar-refractivity contribution is 14.0. The van der Waals surface area contributed by atoms with Crippen LogP contribution < -0.4 is 16.0 Å². The molecule has 2 fully saturated rings. The minimum absolute atomic E-state index is 0. The van der Waals surface area contributed by atoms with Crippen LogP contribution in [0.25, 0.3) is 0 Å². The Bertz CT molecular complexity index is 418. The zero-order chi connectivity index (χ0) is 17.9. The number of aliphatic imine (C=N–C) groups is 1. The molecule has 0 bridgehead atoms. The summed E-state index contributed by atoms with van der Waals surface area (Å²) in [5, 5.41) is 9.70. The van der Waals surface area contributed by atoms with Crippen LogP contribution >= 0.6 is 24.0 Å². The molecule has 0 unspecified atom stereocenters. The maximum atomic E-state index is 11.9. The van der Waals surface area contributed by atoms with Crippen molar-refractivity contribution < 1.29 is 4.79 Å². The van der Waals surface area contributed by atoms with Gasteiger partial charge in [0.25, 0.3) is 0 Å². The SMILES string of the molecule is CN=C(NCCCN1CCC(C)CC1)NCCC(=O)NC1CCCC1.I. The predicted molar refractivity (Wildman–Crippen MR) is 119 cm³/mol. The van der Waals surface area contributed by atoms with E-state index >= 15 is 0 Å². The number of piperidine rings is 1. The van der Waals surface area contributed by atoms with Crippen LogP contribution in [0.3, 0.4) is 0 Å². The molecule has 6 nitrogen and oxygen atoms in total. The van der Waals surface area contributed by atoms with Crippen molar-refractivity contribution in [1.82, 2.24) is 20.9 Å². The van der Waals surface area contributed by atoms with E-state index in [1.54, 1.807) is 7.05 Å². The van der Waals surface area contributed by atoms with Crippen LogP contribution in [0.4, 0.5) is 0 Å². The van der Waals surface area contributed by atoms with Crippen LogP contribution in [0.5, 0.6) is 0 Å². The first-order valence-electron chi connectivity index (χ1n) is 10.1. The summed E-state index contributed by atoms with van der Waals surface area (Å²) in [4.78, 5) is 18.7. The lowest BCUT2D eigenvalue weighted by Crippen LogP contribution is -2.41. The summed E-state index contributed by atoms with van der Waals surface area (Å²) in [6.45, 7) is 7.53. The second kappa shape index (κ2) is 13.6. The number of hydrogen-bond acceptors (Lipinski definition) is 3. The molecule has 2 rings (SSSR count). The van der Waals surface area contributed by atoms with Crippen LogP contribution in [-0.2, 0) is 4.79 Å². The van der Waals surface area contributed by atoms with E-state index in [0.717, 1.165) is 44.2 Å². The average molecular weight is 479 g/mol. The van der Waals surface area contributed by atoms with Crippen molar-refractivity contribution in [2.45, 2.75) is 64.3 Å². The first-order valence-corrected chi connectivity index (χ1v) is 10.1. The number of carbonyl (C=O) groups is 1. The van der Waals surface area contributed by atoms with Crippen LogP contribution in [0, 0.1) is 5.92 Å². The second-order valence-corrected chi connectivity index (χ2v) is 7.60. The quantitative estimate of drug-likeness (QED) is 0.216. The maximum absolute atomic E-state index is 11.9. The summed E-state index contributed by atoms with van der Waals surface area (Å²) >= 11 is 0. The first kappa shape index (κ1) is 23.5. The monoisotopic (exact) mass is 479 g/mol. The Balaban J connectivity index is 0.00000338. The molecule has 2 aliphatic rings. The standard InChI is InChI=1S/C19H37N5O.HI/c1-16-9-14-24(15-10-16)13-5-11-21-19(20-2)22-12-8-18(25)23-17-6-3-4-7-17;/h16-17H,3-15H2,1-2H3,(H,23,25)(H2,20,21,22);1H. The third-order valence-electron chi connectivity index (χ3n) is 5.41. The molecule has 1 saturated carbocycles. The lowest BCUT2D eigenvalue weighted by molar-refractivity contribution is -0.121. The molecule has 1 aliphatic heterocycles. The number of nitrogens with zero attached hydrogens (tertiary/aromatic N) is 2. The Labute approximate surface area is 176 Å². The van der Waals surface area contributed by atoms with Crippen molar-refractivity contribution in [3.05, 3.63) is 0 Å². The molecule has 0 aromatic carbocycles. The zero-order valence-electron chi connectivity index (χ0n) is 16.6. The molecule has 1 heterocycles. The molecule has 7 heteroatoms. The molecule has 1 aliphatic carbocycles.